The van der Waals surface area contributed by atoms with Gasteiger partial charge in [-0.3, -0.25) is 9.69 Å². The lowest BCUT2D eigenvalue weighted by atomic mass is 10.2. The fourth-order valence-corrected chi connectivity index (χ4v) is 2.78. The van der Waals surface area contributed by atoms with Gasteiger partial charge in [-0.25, -0.2) is 0 Å². The lowest BCUT2D eigenvalue weighted by molar-refractivity contribution is 0.0419. The van der Waals surface area contributed by atoms with Gasteiger partial charge in [0.1, 0.15) is 5.69 Å². The molecule has 0 saturated carbocycles. The number of rotatable bonds is 7. The highest BCUT2D eigenvalue weighted by Crippen LogP contribution is 2.12. The Morgan fingerprint density at radius 3 is 2.67 bits per heavy atom. The van der Waals surface area contributed by atoms with E-state index in [0.717, 1.165) is 37.6 Å². The van der Waals surface area contributed by atoms with Crippen LogP contribution in [0.1, 0.15) is 15.4 Å². The Morgan fingerprint density at radius 2 is 2.05 bits per heavy atom. The van der Waals surface area contributed by atoms with Crippen LogP contribution in [-0.4, -0.2) is 79.7 Å². The molecule has 2 heterocycles. The molecular weight excluding hydrogens is 290 g/mol. The lowest BCUT2D eigenvalue weighted by Gasteiger charge is -2.34. The molecule has 0 atom stereocenters. The number of aryl methyl sites for hydroxylation is 1. The second kappa shape index (κ2) is 8.43. The molecule has 1 aliphatic rings. The van der Waals surface area contributed by atoms with E-state index in [-0.39, 0.29) is 5.91 Å². The van der Waals surface area contributed by atoms with Crippen molar-refractivity contribution < 1.29 is 14.3 Å². The minimum atomic E-state index is 0.0512. The molecule has 118 valence electrons. The smallest absolute Gasteiger partial charge is 0.273 e. The summed E-state index contributed by atoms with van der Waals surface area (Å²) in [5, 5.41) is 0. The minimum Gasteiger partial charge on any atom is -0.382 e. The summed E-state index contributed by atoms with van der Waals surface area (Å²) < 4.78 is 14.6. The molecule has 1 aliphatic heterocycles. The van der Waals surface area contributed by atoms with E-state index < -0.39 is 0 Å². The van der Waals surface area contributed by atoms with E-state index >= 15 is 0 Å². The van der Waals surface area contributed by atoms with Crippen molar-refractivity contribution in [3.05, 3.63) is 16.6 Å². The van der Waals surface area contributed by atoms with Crippen LogP contribution in [0.15, 0.2) is 6.07 Å². The molecule has 1 saturated heterocycles. The molecule has 2 rings (SSSR count). The number of methoxy groups -OCH3 is 1. The van der Waals surface area contributed by atoms with Gasteiger partial charge in [-0.1, -0.05) is 0 Å². The highest BCUT2D eigenvalue weighted by Gasteiger charge is 2.23. The summed E-state index contributed by atoms with van der Waals surface area (Å²) >= 11 is 1.38. The molecule has 0 unspecified atom stereocenters. The summed E-state index contributed by atoms with van der Waals surface area (Å²) in [7, 11) is 1.67. The molecule has 7 heteroatoms. The lowest BCUT2D eigenvalue weighted by Crippen LogP contribution is -2.49. The number of aromatic nitrogens is 1. The second-order valence-electron chi connectivity index (χ2n) is 5.06. The largest absolute Gasteiger partial charge is 0.382 e. The van der Waals surface area contributed by atoms with Gasteiger partial charge < -0.3 is 14.4 Å². The van der Waals surface area contributed by atoms with Crippen molar-refractivity contribution in [3.8, 4) is 0 Å². The number of hydrogen-bond donors (Lipinski definition) is 0. The third kappa shape index (κ3) is 5.03. The van der Waals surface area contributed by atoms with Crippen LogP contribution in [0.3, 0.4) is 0 Å². The highest BCUT2D eigenvalue weighted by atomic mass is 32.1. The summed E-state index contributed by atoms with van der Waals surface area (Å²) in [5.41, 5.74) is 0.578. The molecular formula is C14H23N3O3S. The van der Waals surface area contributed by atoms with Crippen LogP contribution in [0.5, 0.6) is 0 Å². The molecule has 1 aromatic heterocycles. The van der Waals surface area contributed by atoms with E-state index in [2.05, 4.69) is 9.27 Å². The number of ether oxygens (including phenoxy) is 2. The fraction of sp³-hybridized carbons (Fsp3) is 0.714. The molecule has 0 N–H and O–H groups in total. The molecule has 1 fully saturated rings. The quantitative estimate of drug-likeness (QED) is 0.699. The summed E-state index contributed by atoms with van der Waals surface area (Å²) in [5.74, 6) is 0.0512. The molecule has 6 nitrogen and oxygen atoms in total. The molecule has 0 radical (unpaired) electrons. The van der Waals surface area contributed by atoms with Crippen molar-refractivity contribution in [2.45, 2.75) is 6.92 Å². The zero-order chi connectivity index (χ0) is 15.1. The molecule has 0 bridgehead atoms. The number of piperazine rings is 1. The number of hydrogen-bond acceptors (Lipinski definition) is 6. The second-order valence-corrected chi connectivity index (χ2v) is 6.07. The van der Waals surface area contributed by atoms with Crippen LogP contribution in [0.25, 0.3) is 0 Å². The van der Waals surface area contributed by atoms with Crippen molar-refractivity contribution in [1.82, 2.24) is 14.2 Å². The predicted molar refractivity (Wildman–Crippen MR) is 81.9 cm³/mol. The van der Waals surface area contributed by atoms with Gasteiger partial charge in [0.15, 0.2) is 0 Å². The van der Waals surface area contributed by atoms with E-state index in [4.69, 9.17) is 9.47 Å². The zero-order valence-corrected chi connectivity index (χ0v) is 13.5. The van der Waals surface area contributed by atoms with Crippen molar-refractivity contribution in [1.29, 1.82) is 0 Å². The molecule has 0 spiro atoms. The first-order valence-electron chi connectivity index (χ1n) is 7.22. The summed E-state index contributed by atoms with van der Waals surface area (Å²) in [4.78, 5) is 17.5. The first-order chi connectivity index (χ1) is 10.2. The number of nitrogens with zero attached hydrogens (tertiary/aromatic N) is 3. The Labute approximate surface area is 129 Å². The van der Waals surface area contributed by atoms with Gasteiger partial charge in [0.2, 0.25) is 0 Å². The first-order valence-corrected chi connectivity index (χ1v) is 7.99. The maximum Gasteiger partial charge on any atom is 0.273 e. The normalized spacial score (nSPS) is 16.4. The van der Waals surface area contributed by atoms with Gasteiger partial charge in [-0.2, -0.15) is 4.37 Å². The van der Waals surface area contributed by atoms with Gasteiger partial charge in [0.05, 0.1) is 19.8 Å². The van der Waals surface area contributed by atoms with Gasteiger partial charge >= 0.3 is 0 Å². The molecule has 0 aromatic carbocycles. The third-order valence-electron chi connectivity index (χ3n) is 3.49. The van der Waals surface area contributed by atoms with Gasteiger partial charge in [-0.15, -0.1) is 0 Å². The standard InChI is InChI=1S/C14H23N3O3S/c1-12-11-13(15-21-12)14(18)17-5-3-16(4-6-17)7-8-20-10-9-19-2/h11H,3-10H2,1-2H3. The Hall–Kier alpha value is -1.02. The first kappa shape index (κ1) is 16.4. The molecule has 21 heavy (non-hydrogen) atoms. The monoisotopic (exact) mass is 313 g/mol. The van der Waals surface area contributed by atoms with E-state index in [9.17, 15) is 4.79 Å². The molecule has 0 aliphatic carbocycles. The van der Waals surface area contributed by atoms with Crippen LogP contribution in [-0.2, 0) is 9.47 Å². The van der Waals surface area contributed by atoms with Gasteiger partial charge in [0.25, 0.3) is 5.91 Å². The van der Waals surface area contributed by atoms with Crippen molar-refractivity contribution >= 4 is 17.4 Å². The number of carbonyl (C=O) groups is 1. The predicted octanol–water partition coefficient (Wildman–Crippen LogP) is 0.872. The Kier molecular flexibility index (Phi) is 6.56. The average Bonchev–Trinajstić information content (AvgIpc) is 2.93. The van der Waals surface area contributed by atoms with Crippen LogP contribution in [0.2, 0.25) is 0 Å². The van der Waals surface area contributed by atoms with Gasteiger partial charge in [0, 0.05) is 44.7 Å². The fourth-order valence-electron chi connectivity index (χ4n) is 2.24. The third-order valence-corrected chi connectivity index (χ3v) is 4.18. The van der Waals surface area contributed by atoms with Crippen LogP contribution >= 0.6 is 11.5 Å². The minimum absolute atomic E-state index is 0.0512. The van der Waals surface area contributed by atoms with Crippen LogP contribution < -0.4 is 0 Å². The Morgan fingerprint density at radius 1 is 1.29 bits per heavy atom. The maximum absolute atomic E-state index is 12.3. The number of carbonyl (C=O) groups excluding carboxylic acids is 1. The van der Waals surface area contributed by atoms with Crippen LogP contribution in [0, 0.1) is 6.92 Å². The zero-order valence-electron chi connectivity index (χ0n) is 12.7. The Bertz CT molecular complexity index is 444. The van der Waals surface area contributed by atoms with Crippen LogP contribution in [0.4, 0.5) is 0 Å². The molecule has 1 aromatic rings. The average molecular weight is 313 g/mol. The van der Waals surface area contributed by atoms with Crippen molar-refractivity contribution in [2.24, 2.45) is 0 Å². The van der Waals surface area contributed by atoms with Gasteiger partial charge in [-0.05, 0) is 24.5 Å². The highest BCUT2D eigenvalue weighted by molar-refractivity contribution is 7.05. The van der Waals surface area contributed by atoms with E-state index in [1.54, 1.807) is 7.11 Å². The van der Waals surface area contributed by atoms with Crippen molar-refractivity contribution in [3.63, 3.8) is 0 Å². The Balaban J connectivity index is 1.67. The summed E-state index contributed by atoms with van der Waals surface area (Å²) in [6.45, 7) is 8.15. The summed E-state index contributed by atoms with van der Waals surface area (Å²) in [6, 6.07) is 1.86. The topological polar surface area (TPSA) is 54.9 Å². The van der Waals surface area contributed by atoms with Crippen molar-refractivity contribution in [2.75, 3.05) is 59.7 Å². The maximum atomic E-state index is 12.3. The summed E-state index contributed by atoms with van der Waals surface area (Å²) in [6.07, 6.45) is 0. The van der Waals surface area contributed by atoms with E-state index in [1.807, 2.05) is 17.9 Å². The van der Waals surface area contributed by atoms with E-state index in [1.165, 1.54) is 11.5 Å². The SMILES string of the molecule is COCCOCCN1CCN(C(=O)c2cc(C)sn2)CC1. The molecule has 1 amide bonds. The van der Waals surface area contributed by atoms with E-state index in [0.29, 0.717) is 25.5 Å². The number of amides is 1.